The number of allylic oxidation sites excluding steroid dienone is 2. The van der Waals surface area contributed by atoms with E-state index in [1.54, 1.807) is 6.20 Å². The van der Waals surface area contributed by atoms with E-state index in [2.05, 4.69) is 27.0 Å². The molecular formula is C16H15BrNO2Pt-. The molecule has 114 valence electrons. The van der Waals surface area contributed by atoms with Gasteiger partial charge in [-0.2, -0.15) is 0 Å². The Labute approximate surface area is 147 Å². The monoisotopic (exact) mass is 527 g/mol. The zero-order valence-electron chi connectivity index (χ0n) is 11.6. The van der Waals surface area contributed by atoms with Crippen molar-refractivity contribution in [3.8, 4) is 11.3 Å². The molecule has 2 rings (SSSR count). The molecule has 0 saturated carbocycles. The molecule has 0 aliphatic carbocycles. The van der Waals surface area contributed by atoms with E-state index in [1.165, 1.54) is 19.9 Å². The number of benzene rings is 1. The fraction of sp³-hybridized carbons (Fsp3) is 0.125. The summed E-state index contributed by atoms with van der Waals surface area (Å²) in [5.74, 6) is -0.0625. The first-order valence-electron chi connectivity index (χ1n) is 5.95. The molecule has 0 atom stereocenters. The Bertz CT molecular complexity index is 596. The zero-order chi connectivity index (χ0) is 15.0. The van der Waals surface area contributed by atoms with Crippen LogP contribution in [0.15, 0.2) is 58.9 Å². The van der Waals surface area contributed by atoms with Crippen molar-refractivity contribution in [3.63, 3.8) is 0 Å². The first kappa shape index (κ1) is 19.7. The Morgan fingerprint density at radius 1 is 1.33 bits per heavy atom. The van der Waals surface area contributed by atoms with Crippen LogP contribution in [0.2, 0.25) is 0 Å². The summed E-state index contributed by atoms with van der Waals surface area (Å²) < 4.78 is 1.05. The van der Waals surface area contributed by atoms with E-state index in [9.17, 15) is 4.79 Å². The third kappa shape index (κ3) is 8.59. The summed E-state index contributed by atoms with van der Waals surface area (Å²) in [6, 6.07) is 14.8. The molecule has 0 radical (unpaired) electrons. The molecule has 0 fully saturated rings. The first-order chi connectivity index (χ1) is 9.49. The van der Waals surface area contributed by atoms with Crippen molar-refractivity contribution in [2.75, 3.05) is 0 Å². The molecule has 0 saturated heterocycles. The maximum absolute atomic E-state index is 10.0. The van der Waals surface area contributed by atoms with Gasteiger partial charge in [0.15, 0.2) is 5.78 Å². The van der Waals surface area contributed by atoms with Gasteiger partial charge in [-0.25, -0.2) is 0 Å². The van der Waals surface area contributed by atoms with E-state index >= 15 is 0 Å². The van der Waals surface area contributed by atoms with Crippen molar-refractivity contribution in [3.05, 3.63) is 65.0 Å². The SMILES string of the molecule is Brc1cc[c-]c(-c2ccccn2)c1.CC(=O)/C=C(/C)O.[Pt]. The van der Waals surface area contributed by atoms with Gasteiger partial charge in [-0.15, -0.1) is 29.8 Å². The smallest absolute Gasteiger partial charge is 0.155 e. The molecule has 1 N–H and O–H groups in total. The predicted octanol–water partition coefficient (Wildman–Crippen LogP) is 4.35. The first-order valence-corrected chi connectivity index (χ1v) is 6.75. The molecule has 0 aliphatic rings. The van der Waals surface area contributed by atoms with Gasteiger partial charge in [-0.1, -0.05) is 32.5 Å². The fourth-order valence-corrected chi connectivity index (χ4v) is 1.76. The van der Waals surface area contributed by atoms with E-state index in [0.29, 0.717) is 0 Å². The molecule has 3 nitrogen and oxygen atoms in total. The van der Waals surface area contributed by atoms with E-state index in [1.807, 2.05) is 36.4 Å². The standard InChI is InChI=1S/C11H7BrN.C5H8O2.Pt/c12-10-5-3-4-9(8-10)11-6-1-2-7-13-11;1-4(6)3-5(2)7;/h1-3,5-8H;3,6H,1-2H3;/q-1;;/b;4-3-;. The summed E-state index contributed by atoms with van der Waals surface area (Å²) in [6.45, 7) is 2.85. The third-order valence-corrected chi connectivity index (χ3v) is 2.61. The van der Waals surface area contributed by atoms with Gasteiger partial charge in [0.25, 0.3) is 0 Å². The predicted molar refractivity (Wildman–Crippen MR) is 83.3 cm³/mol. The second-order valence-corrected chi connectivity index (χ2v) is 4.95. The van der Waals surface area contributed by atoms with Crippen molar-refractivity contribution in [2.45, 2.75) is 13.8 Å². The fourth-order valence-electron chi connectivity index (χ4n) is 1.40. The molecule has 0 bridgehead atoms. The van der Waals surface area contributed by atoms with Crippen LogP contribution in [-0.2, 0) is 25.9 Å². The van der Waals surface area contributed by atoms with Crippen LogP contribution in [0.3, 0.4) is 0 Å². The number of pyridine rings is 1. The minimum atomic E-state index is -0.125. The Morgan fingerprint density at radius 2 is 2.05 bits per heavy atom. The van der Waals surface area contributed by atoms with Crippen LogP contribution >= 0.6 is 15.9 Å². The Hall–Kier alpha value is -1.25. The van der Waals surface area contributed by atoms with E-state index in [-0.39, 0.29) is 32.6 Å². The number of carbonyl (C=O) groups excluding carboxylic acids is 1. The Morgan fingerprint density at radius 3 is 2.48 bits per heavy atom. The molecule has 0 aliphatic heterocycles. The molecule has 1 aromatic carbocycles. The van der Waals surface area contributed by atoms with Crippen LogP contribution < -0.4 is 0 Å². The number of aliphatic hydroxyl groups is 1. The normalized spacial score (nSPS) is 9.95. The largest absolute Gasteiger partial charge is 0.512 e. The number of rotatable bonds is 2. The van der Waals surface area contributed by atoms with E-state index < -0.39 is 0 Å². The summed E-state index contributed by atoms with van der Waals surface area (Å²) in [6.07, 6.45) is 2.95. The maximum Gasteiger partial charge on any atom is 0.155 e. The van der Waals surface area contributed by atoms with Crippen molar-refractivity contribution >= 4 is 21.7 Å². The van der Waals surface area contributed by atoms with Crippen LogP contribution in [0.5, 0.6) is 0 Å². The van der Waals surface area contributed by atoms with Gasteiger partial charge < -0.3 is 10.1 Å². The molecule has 0 spiro atoms. The number of aromatic nitrogens is 1. The topological polar surface area (TPSA) is 50.2 Å². The second-order valence-electron chi connectivity index (χ2n) is 4.03. The van der Waals surface area contributed by atoms with Gasteiger partial charge in [0.1, 0.15) is 0 Å². The quantitative estimate of drug-likeness (QED) is 0.359. The summed E-state index contributed by atoms with van der Waals surface area (Å²) in [5.41, 5.74) is 1.96. The summed E-state index contributed by atoms with van der Waals surface area (Å²) in [4.78, 5) is 14.3. The molecule has 2 aromatic rings. The summed E-state index contributed by atoms with van der Waals surface area (Å²) >= 11 is 3.41. The van der Waals surface area contributed by atoms with Gasteiger partial charge in [0.2, 0.25) is 0 Å². The zero-order valence-corrected chi connectivity index (χ0v) is 15.5. The van der Waals surface area contributed by atoms with Crippen molar-refractivity contribution in [1.82, 2.24) is 4.98 Å². The number of halogens is 1. The molecule has 5 heteroatoms. The number of hydrogen-bond acceptors (Lipinski definition) is 3. The van der Waals surface area contributed by atoms with Crippen molar-refractivity contribution in [2.24, 2.45) is 0 Å². The van der Waals surface area contributed by atoms with Crippen LogP contribution in [0.25, 0.3) is 11.3 Å². The van der Waals surface area contributed by atoms with Gasteiger partial charge in [0, 0.05) is 33.3 Å². The molecule has 0 amide bonds. The minimum absolute atomic E-state index is 0. The maximum atomic E-state index is 10.0. The summed E-state index contributed by atoms with van der Waals surface area (Å²) in [5, 5.41) is 8.36. The molecule has 1 heterocycles. The Balaban J connectivity index is 0.000000436. The molecule has 0 unspecified atom stereocenters. The van der Waals surface area contributed by atoms with E-state index in [4.69, 9.17) is 5.11 Å². The van der Waals surface area contributed by atoms with Gasteiger partial charge in [0.05, 0.1) is 5.76 Å². The van der Waals surface area contributed by atoms with Crippen molar-refractivity contribution < 1.29 is 31.0 Å². The number of aliphatic hydroxyl groups excluding tert-OH is 1. The van der Waals surface area contributed by atoms with Crippen LogP contribution in [-0.4, -0.2) is 15.9 Å². The number of carbonyl (C=O) groups is 1. The van der Waals surface area contributed by atoms with Gasteiger partial charge in [-0.3, -0.25) is 4.79 Å². The second kappa shape index (κ2) is 10.5. The van der Waals surface area contributed by atoms with Crippen LogP contribution in [0.4, 0.5) is 0 Å². The van der Waals surface area contributed by atoms with Crippen LogP contribution in [0, 0.1) is 6.07 Å². The average molecular weight is 528 g/mol. The number of ketones is 1. The third-order valence-electron chi connectivity index (χ3n) is 2.12. The minimum Gasteiger partial charge on any atom is -0.512 e. The Kier molecular flexibility index (Phi) is 9.85. The molecule has 1 aromatic heterocycles. The average Bonchev–Trinajstić information content (AvgIpc) is 2.39. The summed E-state index contributed by atoms with van der Waals surface area (Å²) in [7, 11) is 0. The molecule has 21 heavy (non-hydrogen) atoms. The number of hydrogen-bond donors (Lipinski definition) is 1. The van der Waals surface area contributed by atoms with Crippen molar-refractivity contribution in [1.29, 1.82) is 0 Å². The van der Waals surface area contributed by atoms with Gasteiger partial charge in [-0.05, 0) is 25.6 Å². The van der Waals surface area contributed by atoms with Crippen LogP contribution in [0.1, 0.15) is 13.8 Å². The number of nitrogens with zero attached hydrogens (tertiary/aromatic N) is 1. The van der Waals surface area contributed by atoms with E-state index in [0.717, 1.165) is 15.7 Å². The molecular weight excluding hydrogens is 513 g/mol. The van der Waals surface area contributed by atoms with Gasteiger partial charge >= 0.3 is 0 Å².